The van der Waals surface area contributed by atoms with Gasteiger partial charge in [0, 0.05) is 12.5 Å². The number of carboxylic acid groups (broad SMARTS) is 2. The topological polar surface area (TPSA) is 87.1 Å². The summed E-state index contributed by atoms with van der Waals surface area (Å²) in [6.07, 6.45) is 5.06. The van der Waals surface area contributed by atoms with Gasteiger partial charge in [0.25, 0.3) is 0 Å². The Kier molecular flexibility index (Phi) is 9.96. The van der Waals surface area contributed by atoms with Crippen LogP contribution in [0.1, 0.15) is 32.6 Å². The number of hydrogen-bond donors (Lipinski definition) is 2. The molecule has 2 atom stereocenters. The maximum atomic E-state index is 9.10. The van der Waals surface area contributed by atoms with Crippen molar-refractivity contribution in [3.8, 4) is 5.75 Å². The molecule has 0 saturated carbocycles. The number of ether oxygens (including phenoxy) is 1. The van der Waals surface area contributed by atoms with Crippen LogP contribution in [0.3, 0.4) is 0 Å². The third kappa shape index (κ3) is 8.74. The number of hydrogen-bond acceptors (Lipinski definition) is 4. The summed E-state index contributed by atoms with van der Waals surface area (Å²) in [5.74, 6) is -2.33. The fourth-order valence-electron chi connectivity index (χ4n) is 2.59. The average molecular weight is 372 g/mol. The summed E-state index contributed by atoms with van der Waals surface area (Å²) >= 11 is 6.40. The smallest absolute Gasteiger partial charge is 0.414 e. The highest BCUT2D eigenvalue weighted by Gasteiger charge is 2.29. The van der Waals surface area contributed by atoms with Gasteiger partial charge in [0.2, 0.25) is 0 Å². The van der Waals surface area contributed by atoms with E-state index in [0.717, 1.165) is 25.3 Å². The van der Waals surface area contributed by atoms with Crippen molar-refractivity contribution in [2.24, 2.45) is 5.92 Å². The Morgan fingerprint density at radius 2 is 1.88 bits per heavy atom. The standard InChI is InChI=1S/C16H24ClNO.C2H2O4/c1-2-3-7-11-18-12-10-14(13-18)16(17)19-15-8-5-4-6-9-15;3-1(4)2(5)6/h4-6,8-9,14,16H,2-3,7,10-13H2,1H3;(H,3,4)(H,5,6). The number of benzene rings is 1. The molecule has 7 heteroatoms. The molecule has 1 aliphatic rings. The molecule has 0 spiro atoms. The van der Waals surface area contributed by atoms with Crippen LogP contribution in [0, 0.1) is 5.92 Å². The number of alkyl halides is 1. The molecule has 1 aromatic rings. The van der Waals surface area contributed by atoms with Crippen LogP contribution >= 0.6 is 11.6 Å². The predicted molar refractivity (Wildman–Crippen MR) is 96.1 cm³/mol. The average Bonchev–Trinajstić information content (AvgIpc) is 3.05. The van der Waals surface area contributed by atoms with Crippen LogP contribution in [0.2, 0.25) is 0 Å². The highest BCUT2D eigenvalue weighted by atomic mass is 35.5. The molecule has 1 saturated heterocycles. The first kappa shape index (κ1) is 21.3. The number of nitrogens with zero attached hydrogens (tertiary/aromatic N) is 1. The van der Waals surface area contributed by atoms with Gasteiger partial charge in [0.05, 0.1) is 0 Å². The van der Waals surface area contributed by atoms with Gasteiger partial charge in [-0.15, -0.1) is 0 Å². The van der Waals surface area contributed by atoms with E-state index in [2.05, 4.69) is 11.8 Å². The summed E-state index contributed by atoms with van der Waals surface area (Å²) < 4.78 is 5.81. The largest absolute Gasteiger partial charge is 0.474 e. The molecule has 1 aliphatic heterocycles. The lowest BCUT2D eigenvalue weighted by Crippen LogP contribution is -2.27. The van der Waals surface area contributed by atoms with Crippen molar-refractivity contribution < 1.29 is 24.5 Å². The van der Waals surface area contributed by atoms with Crippen molar-refractivity contribution in [3.63, 3.8) is 0 Å². The number of aliphatic carboxylic acids is 2. The minimum atomic E-state index is -1.82. The van der Waals surface area contributed by atoms with Crippen LogP contribution in [0.15, 0.2) is 30.3 Å². The first-order valence-corrected chi connectivity index (χ1v) is 8.92. The number of carboxylic acids is 2. The van der Waals surface area contributed by atoms with Crippen molar-refractivity contribution in [2.45, 2.75) is 38.2 Å². The second kappa shape index (κ2) is 11.7. The lowest BCUT2D eigenvalue weighted by Gasteiger charge is -2.20. The van der Waals surface area contributed by atoms with Gasteiger partial charge in [-0.05, 0) is 38.1 Å². The molecule has 0 aromatic heterocycles. The van der Waals surface area contributed by atoms with Gasteiger partial charge in [-0.3, -0.25) is 0 Å². The first-order valence-electron chi connectivity index (χ1n) is 8.48. The van der Waals surface area contributed by atoms with Crippen molar-refractivity contribution in [2.75, 3.05) is 19.6 Å². The fraction of sp³-hybridized carbons (Fsp3) is 0.556. The van der Waals surface area contributed by atoms with E-state index >= 15 is 0 Å². The van der Waals surface area contributed by atoms with Gasteiger partial charge in [-0.25, -0.2) is 9.59 Å². The molecule has 140 valence electrons. The zero-order valence-corrected chi connectivity index (χ0v) is 15.2. The zero-order chi connectivity index (χ0) is 18.7. The third-order valence-electron chi connectivity index (χ3n) is 3.93. The molecule has 0 amide bonds. The second-order valence-corrected chi connectivity index (χ2v) is 6.38. The van der Waals surface area contributed by atoms with Crippen molar-refractivity contribution in [1.29, 1.82) is 0 Å². The summed E-state index contributed by atoms with van der Waals surface area (Å²) in [6, 6.07) is 9.86. The zero-order valence-electron chi connectivity index (χ0n) is 14.4. The van der Waals surface area contributed by atoms with E-state index in [1.54, 1.807) is 0 Å². The lowest BCUT2D eigenvalue weighted by atomic mass is 10.1. The Labute approximate surface area is 153 Å². The maximum absolute atomic E-state index is 9.10. The molecule has 1 heterocycles. The molecular weight excluding hydrogens is 346 g/mol. The number of para-hydroxylation sites is 1. The SMILES string of the molecule is CCCCCN1CCC(C(Cl)Oc2ccccc2)C1.O=C(O)C(=O)O. The Balaban J connectivity index is 0.000000450. The van der Waals surface area contributed by atoms with E-state index in [9.17, 15) is 0 Å². The normalized spacial score (nSPS) is 18.1. The molecule has 25 heavy (non-hydrogen) atoms. The van der Waals surface area contributed by atoms with E-state index in [1.165, 1.54) is 25.8 Å². The Morgan fingerprint density at radius 1 is 1.24 bits per heavy atom. The molecule has 0 aliphatic carbocycles. The first-order chi connectivity index (χ1) is 11.9. The molecule has 0 bridgehead atoms. The van der Waals surface area contributed by atoms with Crippen LogP contribution in [0.4, 0.5) is 0 Å². The van der Waals surface area contributed by atoms with Crippen LogP contribution < -0.4 is 4.74 Å². The van der Waals surface area contributed by atoms with Gasteiger partial charge in [0.15, 0.2) is 5.56 Å². The number of unbranched alkanes of at least 4 members (excludes halogenated alkanes) is 2. The molecule has 2 N–H and O–H groups in total. The van der Waals surface area contributed by atoms with E-state index in [1.807, 2.05) is 30.3 Å². The summed E-state index contributed by atoms with van der Waals surface area (Å²) in [7, 11) is 0. The summed E-state index contributed by atoms with van der Waals surface area (Å²) in [4.78, 5) is 20.7. The predicted octanol–water partition coefficient (Wildman–Crippen LogP) is 3.30. The molecule has 1 aromatic carbocycles. The van der Waals surface area contributed by atoms with Gasteiger partial charge in [0.1, 0.15) is 5.75 Å². The number of carbonyl (C=O) groups is 2. The molecule has 6 nitrogen and oxygen atoms in total. The summed E-state index contributed by atoms with van der Waals surface area (Å²) in [6.45, 7) is 5.69. The van der Waals surface area contributed by atoms with Gasteiger partial charge >= 0.3 is 11.9 Å². The van der Waals surface area contributed by atoms with E-state index < -0.39 is 11.9 Å². The molecular formula is C18H26ClNO5. The summed E-state index contributed by atoms with van der Waals surface area (Å²) in [5, 5.41) is 14.8. The second-order valence-electron chi connectivity index (χ2n) is 5.95. The highest BCUT2D eigenvalue weighted by molar-refractivity contribution is 6.27. The number of likely N-dealkylation sites (tertiary alicyclic amines) is 1. The van der Waals surface area contributed by atoms with Crippen LogP contribution in [0.25, 0.3) is 0 Å². The van der Waals surface area contributed by atoms with Crippen molar-refractivity contribution in [3.05, 3.63) is 30.3 Å². The van der Waals surface area contributed by atoms with Gasteiger partial charge in [-0.2, -0.15) is 0 Å². The fourth-order valence-corrected chi connectivity index (χ4v) is 2.90. The molecule has 2 rings (SSSR count). The lowest BCUT2D eigenvalue weighted by molar-refractivity contribution is -0.159. The van der Waals surface area contributed by atoms with E-state index in [-0.39, 0.29) is 5.56 Å². The van der Waals surface area contributed by atoms with E-state index in [4.69, 9.17) is 36.1 Å². The number of rotatable bonds is 7. The van der Waals surface area contributed by atoms with Crippen molar-refractivity contribution in [1.82, 2.24) is 4.90 Å². The van der Waals surface area contributed by atoms with Crippen LogP contribution in [-0.4, -0.2) is 52.2 Å². The minimum absolute atomic E-state index is 0.210. The molecule has 0 radical (unpaired) electrons. The van der Waals surface area contributed by atoms with E-state index in [0.29, 0.717) is 5.92 Å². The monoisotopic (exact) mass is 371 g/mol. The van der Waals surface area contributed by atoms with Gasteiger partial charge in [-0.1, -0.05) is 49.6 Å². The van der Waals surface area contributed by atoms with Crippen molar-refractivity contribution >= 4 is 23.5 Å². The maximum Gasteiger partial charge on any atom is 0.414 e. The van der Waals surface area contributed by atoms with Crippen LogP contribution in [0.5, 0.6) is 5.75 Å². The Morgan fingerprint density at radius 3 is 2.44 bits per heavy atom. The minimum Gasteiger partial charge on any atom is -0.474 e. The van der Waals surface area contributed by atoms with Crippen LogP contribution in [-0.2, 0) is 9.59 Å². The summed E-state index contributed by atoms with van der Waals surface area (Å²) in [5.41, 5.74) is -0.210. The quantitative estimate of drug-likeness (QED) is 0.434. The third-order valence-corrected chi connectivity index (χ3v) is 4.38. The van der Waals surface area contributed by atoms with Gasteiger partial charge < -0.3 is 19.8 Å². The molecule has 1 fully saturated rings. The molecule has 2 unspecified atom stereocenters. The Bertz CT molecular complexity index is 513. The Hall–Kier alpha value is -1.79. The number of halogens is 1. The highest BCUT2D eigenvalue weighted by Crippen LogP contribution is 2.26.